The molecule has 1 aromatic heterocycles. The molecule has 44 heavy (non-hydrogen) atoms. The molecule has 6 N–H and O–H groups in total. The van der Waals surface area contributed by atoms with Gasteiger partial charge in [0.25, 0.3) is 0 Å². The molecule has 1 unspecified atom stereocenters. The minimum Gasteiger partial charge on any atom is -0.491 e. The van der Waals surface area contributed by atoms with Gasteiger partial charge in [-0.25, -0.2) is 4.98 Å². The number of hydrogen-bond donors (Lipinski definition) is 5. The van der Waals surface area contributed by atoms with Crippen molar-refractivity contribution in [3.05, 3.63) is 54.4 Å². The van der Waals surface area contributed by atoms with E-state index in [1.807, 2.05) is 31.2 Å². The number of fused-ring (bicyclic) bond motifs is 1. The number of piperidine rings is 1. The maximum atomic E-state index is 13.6. The number of rotatable bonds is 11. The number of nitrogens with zero attached hydrogens (tertiary/aromatic N) is 3. The zero-order chi connectivity index (χ0) is 31.2. The Labute approximate surface area is 256 Å². The Hall–Kier alpha value is -4.61. The lowest BCUT2D eigenvalue weighted by atomic mass is 9.82. The van der Waals surface area contributed by atoms with Crippen LogP contribution in [0.15, 0.2) is 48.8 Å². The largest absolute Gasteiger partial charge is 0.491 e. The van der Waals surface area contributed by atoms with Gasteiger partial charge in [-0.3, -0.25) is 20.4 Å². The van der Waals surface area contributed by atoms with Gasteiger partial charge in [0, 0.05) is 38.0 Å². The number of nitrogens with one attached hydrogen (secondary N) is 3. The van der Waals surface area contributed by atoms with E-state index in [0.29, 0.717) is 47.6 Å². The highest BCUT2D eigenvalue weighted by Gasteiger charge is 2.28. The number of nitrogens with two attached hydrogens (primary N) is 1. The molecule has 1 atom stereocenters. The van der Waals surface area contributed by atoms with Crippen molar-refractivity contribution < 1.29 is 24.2 Å². The van der Waals surface area contributed by atoms with E-state index in [4.69, 9.17) is 26.0 Å². The Morgan fingerprint density at radius 2 is 1.73 bits per heavy atom. The normalized spacial score (nSPS) is 19.7. The Morgan fingerprint density at radius 1 is 1.05 bits per heavy atom. The molecule has 2 heterocycles. The smallest absolute Gasteiger partial charge is 0.306 e. The van der Waals surface area contributed by atoms with Crippen molar-refractivity contribution in [3.63, 3.8) is 0 Å². The summed E-state index contributed by atoms with van der Waals surface area (Å²) in [6.45, 7) is 3.95. The fourth-order valence-electron chi connectivity index (χ4n) is 6.00. The summed E-state index contributed by atoms with van der Waals surface area (Å²) in [5, 5.41) is 27.9. The number of carbonyl (C=O) groups excluding carboxylic acids is 1. The zero-order valence-corrected chi connectivity index (χ0v) is 25.0. The van der Waals surface area contributed by atoms with Crippen LogP contribution in [0.5, 0.6) is 11.5 Å². The minimum absolute atomic E-state index is 0.0547. The van der Waals surface area contributed by atoms with Gasteiger partial charge in [0.05, 0.1) is 29.1 Å². The first kappa shape index (κ1) is 30.8. The molecule has 2 aromatic carbocycles. The third-order valence-electron chi connectivity index (χ3n) is 8.74. The molecule has 12 heteroatoms. The number of imidazole rings is 1. The van der Waals surface area contributed by atoms with E-state index in [1.54, 1.807) is 29.1 Å². The van der Waals surface area contributed by atoms with Crippen LogP contribution in [0.3, 0.4) is 0 Å². The lowest BCUT2D eigenvalue weighted by Gasteiger charge is -2.32. The van der Waals surface area contributed by atoms with E-state index in [9.17, 15) is 14.7 Å². The van der Waals surface area contributed by atoms with Gasteiger partial charge in [0.1, 0.15) is 36.1 Å². The molecule has 234 valence electrons. The predicted octanol–water partition coefficient (Wildman–Crippen LogP) is 3.79. The van der Waals surface area contributed by atoms with E-state index < -0.39 is 12.0 Å². The minimum atomic E-state index is -0.747. The second-order valence-corrected chi connectivity index (χ2v) is 11.8. The van der Waals surface area contributed by atoms with Crippen LogP contribution in [-0.4, -0.2) is 75.5 Å². The van der Waals surface area contributed by atoms with E-state index in [0.717, 1.165) is 44.5 Å². The summed E-state index contributed by atoms with van der Waals surface area (Å²) in [7, 11) is 0. The number of carboxylic acids is 1. The van der Waals surface area contributed by atoms with Crippen molar-refractivity contribution in [3.8, 4) is 11.5 Å². The molecule has 2 fully saturated rings. The number of aromatic nitrogens is 2. The van der Waals surface area contributed by atoms with Gasteiger partial charge in [-0.15, -0.1) is 0 Å². The highest BCUT2D eigenvalue weighted by Crippen LogP contribution is 2.29. The molecular formula is C32H41N7O5. The summed E-state index contributed by atoms with van der Waals surface area (Å²) in [5.74, 6) is 0.830. The van der Waals surface area contributed by atoms with Crippen molar-refractivity contribution in [2.75, 3.05) is 26.2 Å². The predicted molar refractivity (Wildman–Crippen MR) is 166 cm³/mol. The fourth-order valence-corrected chi connectivity index (χ4v) is 6.00. The van der Waals surface area contributed by atoms with Gasteiger partial charge >= 0.3 is 5.97 Å². The number of hydrogen-bond acceptors (Lipinski definition) is 7. The summed E-state index contributed by atoms with van der Waals surface area (Å²) in [5.41, 5.74) is 7.54. The first-order valence-electron chi connectivity index (χ1n) is 15.2. The maximum Gasteiger partial charge on any atom is 0.306 e. The van der Waals surface area contributed by atoms with Crippen molar-refractivity contribution in [2.24, 2.45) is 17.6 Å². The monoisotopic (exact) mass is 603 g/mol. The Morgan fingerprint density at radius 3 is 2.36 bits per heavy atom. The van der Waals surface area contributed by atoms with Gasteiger partial charge in [-0.05, 0) is 81.0 Å². The summed E-state index contributed by atoms with van der Waals surface area (Å²) in [6.07, 6.45) is 6.18. The lowest BCUT2D eigenvalue weighted by molar-refractivity contribution is -0.143. The van der Waals surface area contributed by atoms with Gasteiger partial charge < -0.3 is 35.1 Å². The van der Waals surface area contributed by atoms with E-state index in [-0.39, 0.29) is 36.3 Å². The van der Waals surface area contributed by atoms with E-state index >= 15 is 0 Å². The molecule has 1 saturated carbocycles. The average Bonchev–Trinajstić information content (AvgIpc) is 3.44. The van der Waals surface area contributed by atoms with Gasteiger partial charge in [-0.1, -0.05) is 0 Å². The SMILES string of the molecule is CC(=N)N1CCC(Oc2ccc(OCC(C(=O)NCC3CCC(C(=O)O)CC3)n3cnc4cc(C(=N)N)ccc43)cc2)CC1. The molecule has 0 bridgehead atoms. The molecular weight excluding hydrogens is 562 g/mol. The molecule has 1 aliphatic carbocycles. The fraction of sp³-hybridized carbons (Fsp3) is 0.469. The highest BCUT2D eigenvalue weighted by molar-refractivity contribution is 5.98. The van der Waals surface area contributed by atoms with Crippen LogP contribution in [-0.2, 0) is 9.59 Å². The maximum absolute atomic E-state index is 13.6. The van der Waals surface area contributed by atoms with Crippen molar-refractivity contribution in [1.82, 2.24) is 19.8 Å². The average molecular weight is 604 g/mol. The second kappa shape index (κ2) is 13.8. The highest BCUT2D eigenvalue weighted by atomic mass is 16.5. The molecule has 3 aromatic rings. The number of likely N-dealkylation sites (tertiary alicyclic amines) is 1. The second-order valence-electron chi connectivity index (χ2n) is 11.8. The van der Waals surface area contributed by atoms with Crippen LogP contribution >= 0.6 is 0 Å². The van der Waals surface area contributed by atoms with E-state index in [1.165, 1.54) is 0 Å². The first-order valence-corrected chi connectivity index (χ1v) is 15.2. The molecule has 12 nitrogen and oxygen atoms in total. The number of carbonyl (C=O) groups is 2. The quantitative estimate of drug-likeness (QED) is 0.162. The Kier molecular flexibility index (Phi) is 9.66. The van der Waals surface area contributed by atoms with Crippen molar-refractivity contribution >= 4 is 34.6 Å². The van der Waals surface area contributed by atoms with E-state index in [2.05, 4.69) is 15.2 Å². The molecule has 1 saturated heterocycles. The molecule has 2 aliphatic rings. The molecule has 0 radical (unpaired) electrons. The standard InChI is InChI=1S/C32H41N7O5/c1-20(33)38-14-12-26(13-15-38)44-25-9-7-24(8-10-25)43-18-29(31(40)36-17-21-2-4-22(5-3-21)32(41)42)39-19-37-27-16-23(30(34)35)6-11-28(27)39/h6-11,16,19,21-22,26,29,33H,2-5,12-15,17-18H2,1H3,(H3,34,35)(H,36,40)(H,41,42). The van der Waals surface area contributed by atoms with Crippen LogP contribution in [0.25, 0.3) is 11.0 Å². The summed E-state index contributed by atoms with van der Waals surface area (Å²) in [6, 6.07) is 11.9. The Bertz CT molecular complexity index is 1490. The number of amides is 1. The number of benzene rings is 2. The number of ether oxygens (including phenoxy) is 2. The molecule has 0 spiro atoms. The van der Waals surface area contributed by atoms with Crippen LogP contribution in [0.4, 0.5) is 0 Å². The number of amidine groups is 2. The van der Waals surface area contributed by atoms with Crippen LogP contribution in [0.2, 0.25) is 0 Å². The summed E-state index contributed by atoms with van der Waals surface area (Å²) >= 11 is 0. The van der Waals surface area contributed by atoms with Crippen molar-refractivity contribution in [1.29, 1.82) is 10.8 Å². The van der Waals surface area contributed by atoms with Gasteiger partial charge in [0.15, 0.2) is 0 Å². The summed E-state index contributed by atoms with van der Waals surface area (Å²) in [4.78, 5) is 31.4. The Balaban J connectivity index is 1.24. The number of carboxylic acid groups (broad SMARTS) is 1. The third-order valence-corrected chi connectivity index (χ3v) is 8.74. The van der Waals surface area contributed by atoms with Gasteiger partial charge in [0.2, 0.25) is 5.91 Å². The molecule has 1 aliphatic heterocycles. The number of aliphatic carboxylic acids is 1. The summed E-state index contributed by atoms with van der Waals surface area (Å²) < 4.78 is 14.1. The molecule has 5 rings (SSSR count). The van der Waals surface area contributed by atoms with Crippen molar-refractivity contribution in [2.45, 2.75) is 57.6 Å². The van der Waals surface area contributed by atoms with Crippen LogP contribution in [0, 0.1) is 22.7 Å². The lowest BCUT2D eigenvalue weighted by Crippen LogP contribution is -2.40. The third kappa shape index (κ3) is 7.47. The zero-order valence-electron chi connectivity index (χ0n) is 25.0. The molecule has 1 amide bonds. The number of nitrogen functional groups attached to an aromatic ring is 1. The topological polar surface area (TPSA) is 180 Å². The van der Waals surface area contributed by atoms with Crippen LogP contribution in [0.1, 0.15) is 57.1 Å². The first-order chi connectivity index (χ1) is 21.2. The van der Waals surface area contributed by atoms with Crippen LogP contribution < -0.4 is 20.5 Å². The van der Waals surface area contributed by atoms with Gasteiger partial charge in [-0.2, -0.15) is 0 Å².